The first-order chi connectivity index (χ1) is 6.91. The van der Waals surface area contributed by atoms with E-state index < -0.39 is 0 Å². The molecule has 14 heavy (non-hydrogen) atoms. The number of azide groups is 1. The van der Waals surface area contributed by atoms with Crippen molar-refractivity contribution in [3.05, 3.63) is 10.4 Å². The number of hydrogen-bond donors (Lipinski definition) is 1. The van der Waals surface area contributed by atoms with E-state index in [1.807, 2.05) is 0 Å². The van der Waals surface area contributed by atoms with Crippen LogP contribution in [-0.4, -0.2) is 18.4 Å². The van der Waals surface area contributed by atoms with E-state index >= 15 is 0 Å². The Balaban J connectivity index is 2.88. The predicted octanol–water partition coefficient (Wildman–Crippen LogP) is 3.06. The maximum Gasteiger partial charge on any atom is 0.0853 e. The summed E-state index contributed by atoms with van der Waals surface area (Å²) in [7, 11) is 0. The van der Waals surface area contributed by atoms with E-state index in [-0.39, 0.29) is 0 Å². The molecule has 0 aromatic rings. The second kappa shape index (κ2) is 12.2. The molecule has 0 unspecified atom stereocenters. The van der Waals surface area contributed by atoms with E-state index in [0.29, 0.717) is 13.2 Å². The molecule has 6 nitrogen and oxygen atoms in total. The molecule has 0 aromatic carbocycles. The lowest BCUT2D eigenvalue weighted by Crippen LogP contribution is -1.92. The highest BCUT2D eigenvalue weighted by atomic mass is 17.5. The van der Waals surface area contributed by atoms with Crippen LogP contribution >= 0.6 is 0 Å². The number of hydrogen-bond acceptors (Lipinski definition) is 4. The number of nitrogens with zero attached hydrogens (tertiary/aromatic N) is 3. The predicted molar refractivity (Wildman–Crippen MR) is 51.4 cm³/mol. The molecule has 82 valence electrons. The van der Waals surface area contributed by atoms with Crippen molar-refractivity contribution >= 4 is 0 Å². The Hall–Kier alpha value is -0.810. The molecule has 0 saturated heterocycles. The van der Waals surface area contributed by atoms with Gasteiger partial charge in [-0.25, -0.2) is 10.1 Å². The number of unbranched alkanes of at least 4 members (excludes halogenated alkanes) is 5. The summed E-state index contributed by atoms with van der Waals surface area (Å²) in [6.45, 7) is 1.02. The van der Waals surface area contributed by atoms with Crippen molar-refractivity contribution in [2.75, 3.05) is 13.2 Å². The van der Waals surface area contributed by atoms with Crippen molar-refractivity contribution in [3.8, 4) is 0 Å². The Morgan fingerprint density at radius 3 is 2.36 bits per heavy atom. The molecule has 0 heterocycles. The van der Waals surface area contributed by atoms with Crippen molar-refractivity contribution in [2.45, 2.75) is 38.5 Å². The van der Waals surface area contributed by atoms with Crippen LogP contribution in [0, 0.1) is 0 Å². The van der Waals surface area contributed by atoms with Crippen LogP contribution in [0.2, 0.25) is 0 Å². The molecule has 1 N–H and O–H groups in total. The van der Waals surface area contributed by atoms with Gasteiger partial charge in [-0.3, -0.25) is 0 Å². The molecule has 6 heteroatoms. The van der Waals surface area contributed by atoms with E-state index in [2.05, 4.69) is 20.0 Å². The summed E-state index contributed by atoms with van der Waals surface area (Å²) in [6.07, 6.45) is 6.27. The molecule has 0 amide bonds. The fourth-order valence-corrected chi connectivity index (χ4v) is 1.13. The third-order valence-electron chi connectivity index (χ3n) is 1.85. The van der Waals surface area contributed by atoms with E-state index in [0.717, 1.165) is 38.5 Å². The molecule has 0 aromatic heterocycles. The topological polar surface area (TPSA) is 87.5 Å². The smallest absolute Gasteiger partial charge is 0.0853 e. The van der Waals surface area contributed by atoms with Gasteiger partial charge in [-0.05, 0) is 18.4 Å². The molecule has 0 rings (SSSR count). The minimum Gasteiger partial charge on any atom is -0.221 e. The minimum atomic E-state index is 0.426. The van der Waals surface area contributed by atoms with Gasteiger partial charge in [0.2, 0.25) is 0 Å². The van der Waals surface area contributed by atoms with E-state index in [1.54, 1.807) is 0 Å². The van der Waals surface area contributed by atoms with Gasteiger partial charge in [0, 0.05) is 11.5 Å². The highest BCUT2D eigenvalue weighted by Crippen LogP contribution is 2.05. The molecule has 0 atom stereocenters. The molecule has 0 aliphatic carbocycles. The molecular formula is C8H17N3O3. The van der Waals surface area contributed by atoms with Crippen molar-refractivity contribution in [2.24, 2.45) is 5.11 Å². The Bertz CT molecular complexity index is 160. The van der Waals surface area contributed by atoms with Gasteiger partial charge in [0.15, 0.2) is 0 Å². The van der Waals surface area contributed by atoms with Crippen molar-refractivity contribution in [1.29, 1.82) is 0 Å². The Morgan fingerprint density at radius 1 is 1.07 bits per heavy atom. The molecule has 0 saturated carbocycles. The SMILES string of the molecule is [N-]=[N+]=NCCCCCCCCOOO. The first kappa shape index (κ1) is 13.2. The standard InChI is InChI=1S/C8H17N3O3/c9-11-10-7-5-3-1-2-4-6-8-13-14-12/h12H,1-8H2. The normalized spacial score (nSPS) is 9.79. The van der Waals surface area contributed by atoms with Crippen LogP contribution in [0.15, 0.2) is 5.11 Å². The molecule has 0 radical (unpaired) electrons. The van der Waals surface area contributed by atoms with Gasteiger partial charge >= 0.3 is 0 Å². The summed E-state index contributed by atoms with van der Waals surface area (Å²) in [6, 6.07) is 0. The molecular weight excluding hydrogens is 186 g/mol. The van der Waals surface area contributed by atoms with Crippen LogP contribution < -0.4 is 0 Å². The summed E-state index contributed by atoms with van der Waals surface area (Å²) in [5, 5.41) is 14.7. The van der Waals surface area contributed by atoms with Crippen molar-refractivity contribution < 1.29 is 15.2 Å². The maximum atomic E-state index is 8.00. The zero-order valence-corrected chi connectivity index (χ0v) is 8.26. The van der Waals surface area contributed by atoms with Crippen molar-refractivity contribution in [3.63, 3.8) is 0 Å². The highest BCUT2D eigenvalue weighted by Gasteiger charge is 1.91. The Labute approximate surface area is 83.3 Å². The zero-order chi connectivity index (χ0) is 10.5. The maximum absolute atomic E-state index is 8.00. The van der Waals surface area contributed by atoms with Crippen LogP contribution in [0.25, 0.3) is 10.4 Å². The highest BCUT2D eigenvalue weighted by molar-refractivity contribution is 4.49. The quantitative estimate of drug-likeness (QED) is 0.148. The van der Waals surface area contributed by atoms with Gasteiger partial charge in [-0.1, -0.05) is 35.8 Å². The fourth-order valence-electron chi connectivity index (χ4n) is 1.13. The first-order valence-corrected chi connectivity index (χ1v) is 4.85. The van der Waals surface area contributed by atoms with Gasteiger partial charge in [-0.15, -0.1) is 0 Å². The summed E-state index contributed by atoms with van der Waals surface area (Å²) in [5.74, 6) is 0. The largest absolute Gasteiger partial charge is 0.221 e. The molecule has 0 fully saturated rings. The molecule has 0 spiro atoms. The molecule has 0 bridgehead atoms. The minimum absolute atomic E-state index is 0.426. The van der Waals surface area contributed by atoms with E-state index in [4.69, 9.17) is 10.8 Å². The zero-order valence-electron chi connectivity index (χ0n) is 8.26. The van der Waals surface area contributed by atoms with Gasteiger partial charge in [-0.2, -0.15) is 0 Å². The van der Waals surface area contributed by atoms with Crippen molar-refractivity contribution in [1.82, 2.24) is 0 Å². The Morgan fingerprint density at radius 2 is 1.71 bits per heavy atom. The van der Waals surface area contributed by atoms with E-state index in [9.17, 15) is 0 Å². The summed E-state index contributed by atoms with van der Waals surface area (Å²) < 4.78 is 0. The van der Waals surface area contributed by atoms with Crippen LogP contribution in [0.4, 0.5) is 0 Å². The summed E-state index contributed by atoms with van der Waals surface area (Å²) >= 11 is 0. The first-order valence-electron chi connectivity index (χ1n) is 4.85. The summed E-state index contributed by atoms with van der Waals surface area (Å²) in [4.78, 5) is 6.97. The second-order valence-corrected chi connectivity index (χ2v) is 2.97. The van der Waals surface area contributed by atoms with Gasteiger partial charge < -0.3 is 0 Å². The summed E-state index contributed by atoms with van der Waals surface area (Å²) in [5.41, 5.74) is 8.00. The van der Waals surface area contributed by atoms with Crippen LogP contribution in [0.1, 0.15) is 38.5 Å². The third-order valence-corrected chi connectivity index (χ3v) is 1.85. The molecule has 0 aliphatic heterocycles. The van der Waals surface area contributed by atoms with E-state index in [1.165, 1.54) is 0 Å². The van der Waals surface area contributed by atoms with Gasteiger partial charge in [0.05, 0.1) is 6.61 Å². The van der Waals surface area contributed by atoms with Crippen LogP contribution in [0.3, 0.4) is 0 Å². The lowest BCUT2D eigenvalue weighted by Gasteiger charge is -1.99. The van der Waals surface area contributed by atoms with Crippen LogP contribution in [-0.2, 0) is 9.93 Å². The average molecular weight is 203 g/mol. The Kier molecular flexibility index (Phi) is 11.5. The van der Waals surface area contributed by atoms with Crippen LogP contribution in [0.5, 0.6) is 0 Å². The fraction of sp³-hybridized carbons (Fsp3) is 1.00. The molecule has 0 aliphatic rings. The average Bonchev–Trinajstić information content (AvgIpc) is 2.21. The number of rotatable bonds is 10. The second-order valence-electron chi connectivity index (χ2n) is 2.97. The van der Waals surface area contributed by atoms with Gasteiger partial charge in [0.1, 0.15) is 0 Å². The lowest BCUT2D eigenvalue weighted by atomic mass is 10.1. The monoisotopic (exact) mass is 203 g/mol. The lowest BCUT2D eigenvalue weighted by molar-refractivity contribution is -0.490. The van der Waals surface area contributed by atoms with Gasteiger partial charge in [0.25, 0.3) is 0 Å². The third kappa shape index (κ3) is 11.2.